The van der Waals surface area contributed by atoms with E-state index < -0.39 is 0 Å². The van der Waals surface area contributed by atoms with Crippen molar-refractivity contribution >= 4 is 17.6 Å². The first-order valence-electron chi connectivity index (χ1n) is 7.07. The molecule has 1 heterocycles. The Morgan fingerprint density at radius 1 is 1.14 bits per heavy atom. The standard InChI is InChI=1S/C15H21N5O/c1-5-16-13-18-14(20-15(19-13)21-10(2)3)17-12-8-6-7-11(4)9-12/h6-10H,5H2,1-4H3,(H2,16,17,18,19,20). The van der Waals surface area contributed by atoms with Gasteiger partial charge < -0.3 is 15.4 Å². The smallest absolute Gasteiger partial charge is 0.323 e. The summed E-state index contributed by atoms with van der Waals surface area (Å²) in [4.78, 5) is 12.8. The van der Waals surface area contributed by atoms with Crippen LogP contribution in [0.4, 0.5) is 17.6 Å². The van der Waals surface area contributed by atoms with E-state index in [1.807, 2.05) is 52.0 Å². The van der Waals surface area contributed by atoms with E-state index in [1.165, 1.54) is 5.56 Å². The Hall–Kier alpha value is -2.37. The molecule has 0 radical (unpaired) electrons. The van der Waals surface area contributed by atoms with Crippen LogP contribution in [0.5, 0.6) is 6.01 Å². The van der Waals surface area contributed by atoms with Crippen molar-refractivity contribution < 1.29 is 4.74 Å². The first-order valence-corrected chi connectivity index (χ1v) is 7.07. The third-order valence-electron chi connectivity index (χ3n) is 2.57. The van der Waals surface area contributed by atoms with E-state index in [0.717, 1.165) is 12.2 Å². The Labute approximate surface area is 125 Å². The minimum Gasteiger partial charge on any atom is -0.461 e. The number of anilines is 3. The summed E-state index contributed by atoms with van der Waals surface area (Å²) in [6.45, 7) is 8.63. The van der Waals surface area contributed by atoms with Crippen LogP contribution in [0.1, 0.15) is 26.3 Å². The highest BCUT2D eigenvalue weighted by atomic mass is 16.5. The molecule has 0 amide bonds. The minimum absolute atomic E-state index is 0.00805. The SMILES string of the molecule is CCNc1nc(Nc2cccc(C)c2)nc(OC(C)C)n1. The number of nitrogens with one attached hydrogen (secondary N) is 2. The van der Waals surface area contributed by atoms with Gasteiger partial charge >= 0.3 is 6.01 Å². The fourth-order valence-electron chi connectivity index (χ4n) is 1.77. The molecule has 6 heteroatoms. The number of hydrogen-bond acceptors (Lipinski definition) is 6. The number of nitrogens with zero attached hydrogens (tertiary/aromatic N) is 3. The lowest BCUT2D eigenvalue weighted by Crippen LogP contribution is -2.12. The van der Waals surface area contributed by atoms with Crippen LogP contribution in [0.3, 0.4) is 0 Å². The van der Waals surface area contributed by atoms with Crippen LogP contribution in [-0.2, 0) is 0 Å². The van der Waals surface area contributed by atoms with Gasteiger partial charge in [-0.05, 0) is 45.4 Å². The summed E-state index contributed by atoms with van der Waals surface area (Å²) in [5.74, 6) is 0.959. The van der Waals surface area contributed by atoms with Gasteiger partial charge in [0, 0.05) is 12.2 Å². The highest BCUT2D eigenvalue weighted by molar-refractivity contribution is 5.55. The van der Waals surface area contributed by atoms with E-state index in [-0.39, 0.29) is 6.10 Å². The second-order valence-corrected chi connectivity index (χ2v) is 4.96. The summed E-state index contributed by atoms with van der Waals surface area (Å²) in [7, 11) is 0. The molecule has 0 unspecified atom stereocenters. The third-order valence-corrected chi connectivity index (χ3v) is 2.57. The molecule has 2 aromatic rings. The van der Waals surface area contributed by atoms with Gasteiger partial charge in [-0.2, -0.15) is 15.0 Å². The molecule has 0 saturated heterocycles. The fourth-order valence-corrected chi connectivity index (χ4v) is 1.77. The molecular weight excluding hydrogens is 266 g/mol. The Balaban J connectivity index is 2.26. The number of aryl methyl sites for hydroxylation is 1. The summed E-state index contributed by atoms with van der Waals surface area (Å²) < 4.78 is 5.56. The molecule has 2 rings (SSSR count). The van der Waals surface area contributed by atoms with Crippen LogP contribution in [0.25, 0.3) is 0 Å². The van der Waals surface area contributed by atoms with Gasteiger partial charge in [0.2, 0.25) is 11.9 Å². The number of benzene rings is 1. The van der Waals surface area contributed by atoms with E-state index in [2.05, 4.69) is 25.6 Å². The lowest BCUT2D eigenvalue weighted by molar-refractivity contribution is 0.222. The highest BCUT2D eigenvalue weighted by Gasteiger charge is 2.09. The van der Waals surface area contributed by atoms with Crippen molar-refractivity contribution in [3.63, 3.8) is 0 Å². The van der Waals surface area contributed by atoms with Crippen LogP contribution in [-0.4, -0.2) is 27.6 Å². The molecule has 0 aliphatic carbocycles. The third kappa shape index (κ3) is 4.59. The summed E-state index contributed by atoms with van der Waals surface area (Å²) in [5.41, 5.74) is 2.10. The second kappa shape index (κ2) is 6.88. The zero-order valence-electron chi connectivity index (χ0n) is 12.8. The van der Waals surface area contributed by atoms with Crippen molar-refractivity contribution in [3.05, 3.63) is 29.8 Å². The molecule has 0 aliphatic heterocycles. The van der Waals surface area contributed by atoms with Gasteiger partial charge in [-0.1, -0.05) is 12.1 Å². The lowest BCUT2D eigenvalue weighted by atomic mass is 10.2. The van der Waals surface area contributed by atoms with Crippen LogP contribution < -0.4 is 15.4 Å². The van der Waals surface area contributed by atoms with Gasteiger partial charge in [-0.15, -0.1) is 0 Å². The van der Waals surface area contributed by atoms with Gasteiger partial charge in [0.25, 0.3) is 0 Å². The Morgan fingerprint density at radius 2 is 1.90 bits per heavy atom. The lowest BCUT2D eigenvalue weighted by Gasteiger charge is -2.12. The quantitative estimate of drug-likeness (QED) is 0.850. The summed E-state index contributed by atoms with van der Waals surface area (Å²) >= 11 is 0. The maximum Gasteiger partial charge on any atom is 0.323 e. The van der Waals surface area contributed by atoms with E-state index >= 15 is 0 Å². The first kappa shape index (κ1) is 15.0. The normalized spacial score (nSPS) is 10.5. The summed E-state index contributed by atoms with van der Waals surface area (Å²) in [6.07, 6.45) is 0.00805. The Kier molecular flexibility index (Phi) is 4.92. The average molecular weight is 287 g/mol. The van der Waals surface area contributed by atoms with Gasteiger partial charge in [0.1, 0.15) is 0 Å². The maximum atomic E-state index is 5.56. The average Bonchev–Trinajstić information content (AvgIpc) is 2.37. The largest absolute Gasteiger partial charge is 0.461 e. The number of hydrogen-bond donors (Lipinski definition) is 2. The molecule has 0 bridgehead atoms. The van der Waals surface area contributed by atoms with Crippen molar-refractivity contribution in [2.75, 3.05) is 17.2 Å². The molecule has 0 spiro atoms. The van der Waals surface area contributed by atoms with E-state index in [1.54, 1.807) is 0 Å². The Morgan fingerprint density at radius 3 is 2.57 bits per heavy atom. The van der Waals surface area contributed by atoms with Crippen molar-refractivity contribution in [3.8, 4) is 6.01 Å². The summed E-state index contributed by atoms with van der Waals surface area (Å²) in [5, 5.41) is 6.25. The minimum atomic E-state index is 0.00805. The fraction of sp³-hybridized carbons (Fsp3) is 0.400. The van der Waals surface area contributed by atoms with Crippen molar-refractivity contribution in [1.29, 1.82) is 0 Å². The van der Waals surface area contributed by atoms with Crippen molar-refractivity contribution in [2.45, 2.75) is 33.8 Å². The van der Waals surface area contributed by atoms with Crippen molar-refractivity contribution in [1.82, 2.24) is 15.0 Å². The molecule has 0 saturated carbocycles. The van der Waals surface area contributed by atoms with Crippen LogP contribution in [0.15, 0.2) is 24.3 Å². The molecule has 0 aliphatic rings. The molecule has 21 heavy (non-hydrogen) atoms. The number of ether oxygens (including phenoxy) is 1. The number of rotatable bonds is 6. The molecule has 112 valence electrons. The predicted molar refractivity (Wildman–Crippen MR) is 84.2 cm³/mol. The Bertz CT molecular complexity index is 600. The molecule has 6 nitrogen and oxygen atoms in total. The van der Waals surface area contributed by atoms with Gasteiger partial charge in [0.05, 0.1) is 6.10 Å². The molecule has 1 aromatic heterocycles. The highest BCUT2D eigenvalue weighted by Crippen LogP contribution is 2.18. The van der Waals surface area contributed by atoms with E-state index in [0.29, 0.717) is 17.9 Å². The monoisotopic (exact) mass is 287 g/mol. The maximum absolute atomic E-state index is 5.56. The predicted octanol–water partition coefficient (Wildman–Crippen LogP) is 3.14. The van der Waals surface area contributed by atoms with Crippen molar-refractivity contribution in [2.24, 2.45) is 0 Å². The second-order valence-electron chi connectivity index (χ2n) is 4.96. The molecular formula is C15H21N5O. The molecule has 0 atom stereocenters. The van der Waals surface area contributed by atoms with Crippen LogP contribution >= 0.6 is 0 Å². The van der Waals surface area contributed by atoms with Gasteiger partial charge in [0.15, 0.2) is 0 Å². The van der Waals surface area contributed by atoms with E-state index in [4.69, 9.17) is 4.74 Å². The molecule has 1 aromatic carbocycles. The zero-order chi connectivity index (χ0) is 15.2. The molecule has 2 N–H and O–H groups in total. The van der Waals surface area contributed by atoms with Gasteiger partial charge in [-0.25, -0.2) is 0 Å². The van der Waals surface area contributed by atoms with Crippen LogP contribution in [0.2, 0.25) is 0 Å². The topological polar surface area (TPSA) is 72.0 Å². The molecule has 0 fully saturated rings. The zero-order valence-corrected chi connectivity index (χ0v) is 12.8. The van der Waals surface area contributed by atoms with Crippen LogP contribution in [0, 0.1) is 6.92 Å². The number of aromatic nitrogens is 3. The summed E-state index contributed by atoms with van der Waals surface area (Å²) in [6, 6.07) is 8.32. The van der Waals surface area contributed by atoms with E-state index in [9.17, 15) is 0 Å². The van der Waals surface area contributed by atoms with Gasteiger partial charge in [-0.3, -0.25) is 0 Å². The first-order chi connectivity index (χ1) is 10.1.